The first-order chi connectivity index (χ1) is 16.2. The van der Waals surface area contributed by atoms with Crippen molar-refractivity contribution in [3.05, 3.63) is 47.5 Å². The number of nitrogens with zero attached hydrogens (tertiary/aromatic N) is 4. The molecule has 1 amide bonds. The number of amides is 1. The number of nitrogen functional groups attached to an aromatic ring is 1. The Morgan fingerprint density at radius 2 is 1.77 bits per heavy atom. The number of aliphatic hydroxyl groups excluding tert-OH is 1. The molecule has 1 aliphatic rings. The minimum absolute atomic E-state index is 0.00822. The molecule has 16 heteroatoms. The zero-order chi connectivity index (χ0) is 25.8. The Morgan fingerprint density at radius 3 is 2.37 bits per heavy atom. The van der Waals surface area contributed by atoms with Gasteiger partial charge in [-0.25, -0.2) is 15.0 Å². The molecule has 1 saturated heterocycles. The number of hydrogen-bond acceptors (Lipinski definition) is 8. The maximum absolute atomic E-state index is 13.0. The van der Waals surface area contributed by atoms with Gasteiger partial charge in [0.05, 0.1) is 24.1 Å². The molecule has 0 saturated carbocycles. The van der Waals surface area contributed by atoms with Crippen molar-refractivity contribution in [3.8, 4) is 0 Å². The van der Waals surface area contributed by atoms with Crippen molar-refractivity contribution >= 4 is 22.9 Å². The number of fused-ring (bicyclic) bond motifs is 1. The van der Waals surface area contributed by atoms with Gasteiger partial charge in [0.25, 0.3) is 5.91 Å². The van der Waals surface area contributed by atoms with E-state index in [1.54, 1.807) is 0 Å². The van der Waals surface area contributed by atoms with Gasteiger partial charge in [-0.05, 0) is 18.2 Å². The number of aromatic nitrogens is 4. The van der Waals surface area contributed by atoms with Gasteiger partial charge in [-0.3, -0.25) is 9.36 Å². The number of alkyl halides is 6. The van der Waals surface area contributed by atoms with E-state index in [-0.39, 0.29) is 35.2 Å². The van der Waals surface area contributed by atoms with E-state index >= 15 is 0 Å². The Balaban J connectivity index is 1.53. The second-order valence-corrected chi connectivity index (χ2v) is 7.72. The van der Waals surface area contributed by atoms with Crippen LogP contribution in [-0.2, 0) is 22.8 Å². The summed E-state index contributed by atoms with van der Waals surface area (Å²) < 4.78 is 84.6. The van der Waals surface area contributed by atoms with E-state index in [4.69, 9.17) is 10.5 Å². The number of aliphatic hydroxyl groups is 2. The Bertz CT molecular complexity index is 1250. The molecule has 10 nitrogen and oxygen atoms in total. The lowest BCUT2D eigenvalue weighted by Gasteiger charge is -2.28. The number of ether oxygens (including phenoxy) is 1. The Kier molecular flexibility index (Phi) is 5.85. The summed E-state index contributed by atoms with van der Waals surface area (Å²) in [7, 11) is 0. The van der Waals surface area contributed by atoms with Crippen molar-refractivity contribution < 1.29 is 46.1 Å². The Morgan fingerprint density at radius 1 is 1.14 bits per heavy atom. The number of benzene rings is 1. The van der Waals surface area contributed by atoms with E-state index in [1.807, 2.05) is 0 Å². The first kappa shape index (κ1) is 24.6. The predicted molar refractivity (Wildman–Crippen MR) is 104 cm³/mol. The van der Waals surface area contributed by atoms with Gasteiger partial charge < -0.3 is 26.0 Å². The Hall–Kier alpha value is -3.50. The lowest BCUT2D eigenvalue weighted by Crippen LogP contribution is -2.48. The SMILES string of the molecule is Nc1ncnc2c1ncn2C1(O)COC(CNC(=O)c2cc(C(F)(F)F)cc(C(F)(F)F)c2)C1O. The monoisotopic (exact) mass is 506 g/mol. The number of carbonyl (C=O) groups is 1. The van der Waals surface area contributed by atoms with E-state index in [2.05, 4.69) is 20.3 Å². The number of nitrogens with two attached hydrogens (primary N) is 1. The first-order valence-corrected chi connectivity index (χ1v) is 9.75. The van der Waals surface area contributed by atoms with Crippen molar-refractivity contribution in [2.45, 2.75) is 30.3 Å². The number of nitrogens with one attached hydrogen (secondary N) is 1. The molecule has 3 unspecified atom stereocenters. The van der Waals surface area contributed by atoms with Gasteiger partial charge in [-0.15, -0.1) is 0 Å². The molecule has 4 rings (SSSR count). The van der Waals surface area contributed by atoms with Gasteiger partial charge >= 0.3 is 12.4 Å². The molecular formula is C19H16F6N6O4. The summed E-state index contributed by atoms with van der Waals surface area (Å²) in [5.41, 5.74) is -0.438. The molecule has 188 valence electrons. The average molecular weight is 506 g/mol. The van der Waals surface area contributed by atoms with Crippen molar-refractivity contribution in [2.75, 3.05) is 18.9 Å². The number of anilines is 1. The zero-order valence-electron chi connectivity index (χ0n) is 17.3. The fourth-order valence-electron chi connectivity index (χ4n) is 3.60. The molecule has 1 aliphatic heterocycles. The molecule has 3 aromatic rings. The largest absolute Gasteiger partial charge is 0.416 e. The fourth-order valence-corrected chi connectivity index (χ4v) is 3.60. The third-order valence-corrected chi connectivity index (χ3v) is 5.43. The topological polar surface area (TPSA) is 148 Å². The standard InChI is InChI=1S/C19H16F6N6O4/c20-18(21,22)9-1-8(2-10(3-9)19(23,24)25)16(33)27-4-11-13(32)17(34,5-35-11)31-7-30-12-14(26)28-6-29-15(12)31/h1-3,6-7,11,13,32,34H,4-5H2,(H,27,33)(H2,26,28,29). The van der Waals surface area contributed by atoms with Crippen LogP contribution in [0.1, 0.15) is 21.5 Å². The van der Waals surface area contributed by atoms with Crippen LogP contribution in [0.5, 0.6) is 0 Å². The molecule has 3 heterocycles. The van der Waals surface area contributed by atoms with Gasteiger partial charge in [0.15, 0.2) is 17.2 Å². The van der Waals surface area contributed by atoms with Gasteiger partial charge in [-0.1, -0.05) is 0 Å². The smallest absolute Gasteiger partial charge is 0.385 e. The van der Waals surface area contributed by atoms with E-state index in [9.17, 15) is 41.4 Å². The number of carbonyl (C=O) groups excluding carboxylic acids is 1. The van der Waals surface area contributed by atoms with Crippen LogP contribution in [0.4, 0.5) is 32.2 Å². The quantitative estimate of drug-likeness (QED) is 0.387. The van der Waals surface area contributed by atoms with Crippen LogP contribution in [0.3, 0.4) is 0 Å². The molecule has 1 fully saturated rings. The summed E-state index contributed by atoms with van der Waals surface area (Å²) in [4.78, 5) is 24.0. The summed E-state index contributed by atoms with van der Waals surface area (Å²) in [5.74, 6) is -1.27. The van der Waals surface area contributed by atoms with E-state index in [0.29, 0.717) is 0 Å². The highest BCUT2D eigenvalue weighted by molar-refractivity contribution is 5.94. The summed E-state index contributed by atoms with van der Waals surface area (Å²) in [6.45, 7) is -1.06. The van der Waals surface area contributed by atoms with E-state index < -0.39 is 66.0 Å². The fraction of sp³-hybridized carbons (Fsp3) is 0.368. The molecule has 35 heavy (non-hydrogen) atoms. The lowest BCUT2D eigenvalue weighted by atomic mass is 10.0. The second-order valence-electron chi connectivity index (χ2n) is 7.72. The van der Waals surface area contributed by atoms with E-state index in [0.717, 1.165) is 17.2 Å². The van der Waals surface area contributed by atoms with Crippen molar-refractivity contribution in [3.63, 3.8) is 0 Å². The molecule has 0 bridgehead atoms. The molecule has 0 spiro atoms. The molecule has 2 aromatic heterocycles. The van der Waals surface area contributed by atoms with Crippen LogP contribution in [0.15, 0.2) is 30.9 Å². The van der Waals surface area contributed by atoms with Crippen molar-refractivity contribution in [2.24, 2.45) is 0 Å². The van der Waals surface area contributed by atoms with Gasteiger partial charge in [-0.2, -0.15) is 26.3 Å². The minimum atomic E-state index is -5.13. The van der Waals surface area contributed by atoms with Crippen LogP contribution in [-0.4, -0.2) is 61.0 Å². The zero-order valence-corrected chi connectivity index (χ0v) is 17.3. The molecular weight excluding hydrogens is 490 g/mol. The molecule has 0 aliphatic carbocycles. The molecule has 5 N–H and O–H groups in total. The second kappa shape index (κ2) is 8.31. The summed E-state index contributed by atoms with van der Waals surface area (Å²) in [5, 5.41) is 23.8. The Labute approximate surface area is 191 Å². The van der Waals surface area contributed by atoms with Gasteiger partial charge in [0.1, 0.15) is 24.1 Å². The van der Waals surface area contributed by atoms with Crippen LogP contribution in [0.2, 0.25) is 0 Å². The predicted octanol–water partition coefficient (Wildman–Crippen LogP) is 1.28. The number of hydrogen-bond donors (Lipinski definition) is 4. The average Bonchev–Trinajstić information content (AvgIpc) is 3.34. The van der Waals surface area contributed by atoms with Gasteiger partial charge in [0.2, 0.25) is 0 Å². The van der Waals surface area contributed by atoms with Crippen molar-refractivity contribution in [1.29, 1.82) is 0 Å². The number of rotatable bonds is 4. The summed E-state index contributed by atoms with van der Waals surface area (Å²) in [6, 6.07) is 0.440. The summed E-state index contributed by atoms with van der Waals surface area (Å²) >= 11 is 0. The molecule has 3 atom stereocenters. The lowest BCUT2D eigenvalue weighted by molar-refractivity contribution is -0.143. The highest BCUT2D eigenvalue weighted by Gasteiger charge is 2.50. The van der Waals surface area contributed by atoms with Crippen LogP contribution < -0.4 is 11.1 Å². The minimum Gasteiger partial charge on any atom is -0.385 e. The van der Waals surface area contributed by atoms with Crippen molar-refractivity contribution in [1.82, 2.24) is 24.8 Å². The molecule has 1 aromatic carbocycles. The van der Waals surface area contributed by atoms with Crippen LogP contribution >= 0.6 is 0 Å². The van der Waals surface area contributed by atoms with Crippen LogP contribution in [0.25, 0.3) is 11.2 Å². The highest BCUT2D eigenvalue weighted by atomic mass is 19.4. The summed E-state index contributed by atoms with van der Waals surface area (Å²) in [6.07, 6.45) is -11.0. The number of imidazole rings is 1. The number of halogens is 6. The highest BCUT2D eigenvalue weighted by Crippen LogP contribution is 2.36. The first-order valence-electron chi connectivity index (χ1n) is 9.75. The third kappa shape index (κ3) is 4.46. The molecule has 0 radical (unpaired) electrons. The van der Waals surface area contributed by atoms with Crippen LogP contribution in [0, 0.1) is 0 Å². The third-order valence-electron chi connectivity index (χ3n) is 5.43. The van der Waals surface area contributed by atoms with Gasteiger partial charge in [0, 0.05) is 12.1 Å². The maximum atomic E-state index is 13.0. The normalized spacial score (nSPS) is 23.1. The van der Waals surface area contributed by atoms with E-state index in [1.165, 1.54) is 0 Å². The maximum Gasteiger partial charge on any atom is 0.416 e.